The first-order chi connectivity index (χ1) is 14.2. The van der Waals surface area contributed by atoms with Crippen LogP contribution in [0.5, 0.6) is 0 Å². The number of aliphatic hydroxyl groups is 1. The molecule has 0 radical (unpaired) electrons. The summed E-state index contributed by atoms with van der Waals surface area (Å²) in [6, 6.07) is 0. The molecule has 1 N–H and O–H groups in total. The molecule has 7 atom stereocenters. The zero-order chi connectivity index (χ0) is 21.7. The zero-order valence-corrected chi connectivity index (χ0v) is 20.6. The molecule has 30 heavy (non-hydrogen) atoms. The third-order valence-corrected chi connectivity index (χ3v) is 10.4. The molecule has 0 aromatic heterocycles. The third-order valence-electron chi connectivity index (χ3n) is 10.4. The minimum Gasteiger partial charge on any atom is -0.393 e. The molecule has 0 saturated heterocycles. The first kappa shape index (κ1) is 22.6. The first-order valence-electron chi connectivity index (χ1n) is 13.1. The normalized spacial score (nSPS) is 40.9. The van der Waals surface area contributed by atoms with Crippen LogP contribution in [-0.4, -0.2) is 23.5 Å². The zero-order valence-electron chi connectivity index (χ0n) is 20.6. The number of allylic oxidation sites excluding steroid dienone is 2. The van der Waals surface area contributed by atoms with Crippen molar-refractivity contribution in [3.05, 3.63) is 11.1 Å². The molecule has 3 aliphatic carbocycles. The Balaban J connectivity index is 1.57. The average molecular weight is 414 g/mol. The Labute approximate surface area is 186 Å². The predicted octanol–water partition coefficient (Wildman–Crippen LogP) is 7.21. The maximum Gasteiger partial charge on any atom is 0.0543 e. The van der Waals surface area contributed by atoms with Crippen molar-refractivity contribution >= 4 is 5.71 Å². The highest BCUT2D eigenvalue weighted by Crippen LogP contribution is 2.60. The van der Waals surface area contributed by atoms with E-state index in [0.29, 0.717) is 11.3 Å². The van der Waals surface area contributed by atoms with Crippen molar-refractivity contribution in [3.8, 4) is 0 Å². The van der Waals surface area contributed by atoms with Gasteiger partial charge in [-0.3, -0.25) is 4.99 Å². The van der Waals surface area contributed by atoms with Gasteiger partial charge in [0.05, 0.1) is 6.10 Å². The van der Waals surface area contributed by atoms with Crippen LogP contribution < -0.4 is 0 Å². The van der Waals surface area contributed by atoms with Gasteiger partial charge in [0.1, 0.15) is 0 Å². The summed E-state index contributed by atoms with van der Waals surface area (Å²) in [7, 11) is 0. The van der Waals surface area contributed by atoms with Crippen LogP contribution in [0.3, 0.4) is 0 Å². The third kappa shape index (κ3) is 3.74. The highest BCUT2D eigenvalue weighted by Gasteiger charge is 2.52. The second-order valence-electron chi connectivity index (χ2n) is 12.4. The van der Waals surface area contributed by atoms with E-state index in [1.54, 1.807) is 11.1 Å². The smallest absolute Gasteiger partial charge is 0.0543 e. The maximum absolute atomic E-state index is 10.3. The summed E-state index contributed by atoms with van der Waals surface area (Å²) in [6.45, 7) is 15.9. The lowest BCUT2D eigenvalue weighted by molar-refractivity contribution is 0.0238. The number of hydrogen-bond donors (Lipinski definition) is 1. The Hall–Kier alpha value is -0.630. The molecule has 0 bridgehead atoms. The fourth-order valence-electron chi connectivity index (χ4n) is 7.81. The highest BCUT2D eigenvalue weighted by atomic mass is 16.3. The molecular formula is C28H47NO. The van der Waals surface area contributed by atoms with Crippen LogP contribution in [0.25, 0.3) is 0 Å². The second kappa shape index (κ2) is 8.38. The standard InChI is InChI=1S/C28H47NO/c1-18(2)19(3)7-8-20(4)24-13-16-29-26-23-10-9-21-17-22(30)11-14-27(21,5)25(23)12-15-28(24,26)6/h18-22,24,30H,7-17H2,1-6H3/t19?,20-,21?,22+,24?,27+,28-/m1/s1. The molecule has 2 nitrogen and oxygen atoms in total. The topological polar surface area (TPSA) is 32.6 Å². The van der Waals surface area contributed by atoms with Crippen molar-refractivity contribution in [1.82, 2.24) is 0 Å². The minimum absolute atomic E-state index is 0.0652. The van der Waals surface area contributed by atoms with Crippen LogP contribution in [0.15, 0.2) is 16.1 Å². The number of aliphatic imine (C=N–C) groups is 1. The van der Waals surface area contributed by atoms with E-state index in [4.69, 9.17) is 4.99 Å². The number of rotatable bonds is 5. The monoisotopic (exact) mass is 413 g/mol. The number of aliphatic hydroxyl groups excluding tert-OH is 1. The van der Waals surface area contributed by atoms with E-state index in [1.807, 2.05) is 0 Å². The lowest BCUT2D eigenvalue weighted by atomic mass is 9.50. The van der Waals surface area contributed by atoms with Crippen LogP contribution in [0.2, 0.25) is 0 Å². The quantitative estimate of drug-likeness (QED) is 0.507. The summed E-state index contributed by atoms with van der Waals surface area (Å²) in [5.74, 6) is 3.89. The number of fused-ring (bicyclic) bond motifs is 4. The van der Waals surface area contributed by atoms with Gasteiger partial charge in [-0.2, -0.15) is 0 Å². The van der Waals surface area contributed by atoms with Gasteiger partial charge < -0.3 is 5.11 Å². The van der Waals surface area contributed by atoms with Gasteiger partial charge in [-0.15, -0.1) is 0 Å². The average Bonchev–Trinajstić information content (AvgIpc) is 2.71. The molecule has 0 aromatic carbocycles. The molecule has 0 spiro atoms. The van der Waals surface area contributed by atoms with E-state index in [1.165, 1.54) is 57.1 Å². The largest absolute Gasteiger partial charge is 0.393 e. The number of hydrogen-bond acceptors (Lipinski definition) is 2. The maximum atomic E-state index is 10.3. The van der Waals surface area contributed by atoms with E-state index in [9.17, 15) is 5.11 Å². The van der Waals surface area contributed by atoms with E-state index in [0.717, 1.165) is 43.1 Å². The summed E-state index contributed by atoms with van der Waals surface area (Å²) in [4.78, 5) is 5.26. The molecule has 0 amide bonds. The lowest BCUT2D eigenvalue weighted by Crippen LogP contribution is -2.50. The predicted molar refractivity (Wildman–Crippen MR) is 128 cm³/mol. The molecule has 3 unspecified atom stereocenters. The van der Waals surface area contributed by atoms with Gasteiger partial charge in [-0.1, -0.05) is 60.0 Å². The van der Waals surface area contributed by atoms with Crippen LogP contribution in [-0.2, 0) is 0 Å². The van der Waals surface area contributed by atoms with Crippen molar-refractivity contribution in [3.63, 3.8) is 0 Å². The van der Waals surface area contributed by atoms with E-state index in [2.05, 4.69) is 41.5 Å². The van der Waals surface area contributed by atoms with E-state index >= 15 is 0 Å². The van der Waals surface area contributed by atoms with Gasteiger partial charge in [0.2, 0.25) is 0 Å². The van der Waals surface area contributed by atoms with Gasteiger partial charge in [-0.05, 0) is 91.9 Å². The SMILES string of the molecule is CC(C)C(C)CC[C@@H](C)C1CCN=C2C3=C(CC[C@@]21C)[C@@]1(C)CC[C@H](O)CC1CC3. The minimum atomic E-state index is -0.0652. The van der Waals surface area contributed by atoms with Crippen LogP contribution in [0.1, 0.15) is 106 Å². The number of nitrogens with zero attached hydrogens (tertiary/aromatic N) is 1. The summed E-state index contributed by atoms with van der Waals surface area (Å²) < 4.78 is 0. The Morgan fingerprint density at radius 3 is 2.47 bits per heavy atom. The second-order valence-corrected chi connectivity index (χ2v) is 12.4. The summed E-state index contributed by atoms with van der Waals surface area (Å²) >= 11 is 0. The first-order valence-corrected chi connectivity index (χ1v) is 13.1. The molecule has 4 aliphatic rings. The van der Waals surface area contributed by atoms with Crippen LogP contribution in [0, 0.1) is 40.4 Å². The van der Waals surface area contributed by atoms with Gasteiger partial charge in [0.15, 0.2) is 0 Å². The van der Waals surface area contributed by atoms with Crippen molar-refractivity contribution in [2.45, 2.75) is 112 Å². The summed E-state index contributed by atoms with van der Waals surface area (Å²) in [6.07, 6.45) is 12.2. The summed E-state index contributed by atoms with van der Waals surface area (Å²) in [5, 5.41) is 10.3. The molecule has 1 heterocycles. The molecule has 1 fully saturated rings. The molecule has 4 rings (SSSR count). The molecule has 1 aliphatic heterocycles. The lowest BCUT2D eigenvalue weighted by Gasteiger charge is -2.55. The van der Waals surface area contributed by atoms with Gasteiger partial charge >= 0.3 is 0 Å². The van der Waals surface area contributed by atoms with Crippen molar-refractivity contribution in [1.29, 1.82) is 0 Å². The summed E-state index contributed by atoms with van der Waals surface area (Å²) in [5.41, 5.74) is 5.56. The molecule has 2 heteroatoms. The Morgan fingerprint density at radius 1 is 0.967 bits per heavy atom. The molecular weight excluding hydrogens is 366 g/mol. The van der Waals surface area contributed by atoms with Gasteiger partial charge in [0.25, 0.3) is 0 Å². The Morgan fingerprint density at radius 2 is 1.73 bits per heavy atom. The molecule has 170 valence electrons. The fourth-order valence-corrected chi connectivity index (χ4v) is 7.81. The van der Waals surface area contributed by atoms with Crippen molar-refractivity contribution in [2.24, 2.45) is 45.4 Å². The molecule has 1 saturated carbocycles. The van der Waals surface area contributed by atoms with Crippen molar-refractivity contribution in [2.75, 3.05) is 6.54 Å². The molecule has 0 aromatic rings. The fraction of sp³-hybridized carbons (Fsp3) is 0.893. The van der Waals surface area contributed by atoms with Crippen LogP contribution >= 0.6 is 0 Å². The van der Waals surface area contributed by atoms with E-state index < -0.39 is 0 Å². The Bertz CT molecular complexity index is 705. The van der Waals surface area contributed by atoms with Gasteiger partial charge in [0, 0.05) is 17.7 Å². The van der Waals surface area contributed by atoms with Gasteiger partial charge in [-0.25, -0.2) is 0 Å². The van der Waals surface area contributed by atoms with Crippen molar-refractivity contribution < 1.29 is 5.11 Å². The Kier molecular flexibility index (Phi) is 6.30. The van der Waals surface area contributed by atoms with E-state index in [-0.39, 0.29) is 11.5 Å². The highest BCUT2D eigenvalue weighted by molar-refractivity contribution is 6.06. The van der Waals surface area contributed by atoms with Crippen LogP contribution in [0.4, 0.5) is 0 Å².